The quantitative estimate of drug-likeness (QED) is 0.559. The summed E-state index contributed by atoms with van der Waals surface area (Å²) < 4.78 is 0. The van der Waals surface area contributed by atoms with Crippen LogP contribution in [0.5, 0.6) is 0 Å². The second-order valence-corrected chi connectivity index (χ2v) is 5.98. The molecule has 0 aliphatic carbocycles. The van der Waals surface area contributed by atoms with Crippen LogP contribution in [0.15, 0.2) is 0 Å². The van der Waals surface area contributed by atoms with Crippen LogP contribution in [0.4, 0.5) is 0 Å². The van der Waals surface area contributed by atoms with Crippen LogP contribution < -0.4 is 16.4 Å². The molecule has 6 nitrogen and oxygen atoms in total. The predicted octanol–water partition coefficient (Wildman–Crippen LogP) is -0.332. The number of Topliss-reactive ketones (excluding diaryl/α,β-unsaturated/α-hetero) is 1. The van der Waals surface area contributed by atoms with Gasteiger partial charge in [0, 0.05) is 31.2 Å². The fourth-order valence-corrected chi connectivity index (χ4v) is 3.30. The Bertz CT molecular complexity index is 363. The lowest BCUT2D eigenvalue weighted by atomic mass is 9.92. The van der Waals surface area contributed by atoms with Crippen molar-refractivity contribution in [2.75, 3.05) is 24.6 Å². The summed E-state index contributed by atoms with van der Waals surface area (Å²) in [6.45, 7) is 2.13. The molecule has 0 aromatic carbocycles. The third-order valence-corrected chi connectivity index (χ3v) is 4.35. The van der Waals surface area contributed by atoms with Crippen LogP contribution in [0.3, 0.4) is 0 Å². The molecule has 0 radical (unpaired) electrons. The van der Waals surface area contributed by atoms with Gasteiger partial charge in [-0.2, -0.15) is 11.8 Å². The van der Waals surface area contributed by atoms with Crippen LogP contribution in [-0.2, 0) is 14.4 Å². The molecule has 0 saturated carbocycles. The summed E-state index contributed by atoms with van der Waals surface area (Å²) in [7, 11) is 0. The lowest BCUT2D eigenvalue weighted by molar-refractivity contribution is -0.123. The summed E-state index contributed by atoms with van der Waals surface area (Å²) >= 11 is 1.48. The monoisotopic (exact) mass is 301 g/mol. The smallest absolute Gasteiger partial charge is 0.230 e. The summed E-state index contributed by atoms with van der Waals surface area (Å²) in [5, 5.41) is 5.65. The first kappa shape index (κ1) is 17.0. The van der Waals surface area contributed by atoms with Gasteiger partial charge < -0.3 is 16.4 Å². The molecule has 1 rings (SSSR count). The minimum atomic E-state index is -0.197. The fourth-order valence-electron chi connectivity index (χ4n) is 2.24. The van der Waals surface area contributed by atoms with E-state index in [-0.39, 0.29) is 36.1 Å². The second kappa shape index (κ2) is 8.97. The zero-order valence-corrected chi connectivity index (χ0v) is 12.6. The van der Waals surface area contributed by atoms with Crippen LogP contribution in [0.1, 0.15) is 26.2 Å². The van der Waals surface area contributed by atoms with E-state index in [0.29, 0.717) is 18.1 Å². The number of carbonyl (C=O) groups excluding carboxylic acids is 3. The molecule has 0 spiro atoms. The first-order valence-electron chi connectivity index (χ1n) is 6.89. The van der Waals surface area contributed by atoms with Gasteiger partial charge in [0.05, 0.1) is 12.3 Å². The van der Waals surface area contributed by atoms with Gasteiger partial charge in [-0.3, -0.25) is 14.4 Å². The third-order valence-electron chi connectivity index (χ3n) is 3.29. The van der Waals surface area contributed by atoms with Crippen LogP contribution in [0.2, 0.25) is 0 Å². The van der Waals surface area contributed by atoms with Crippen molar-refractivity contribution < 1.29 is 14.4 Å². The first-order chi connectivity index (χ1) is 9.54. The zero-order chi connectivity index (χ0) is 15.0. The Morgan fingerprint density at radius 2 is 2.20 bits per heavy atom. The van der Waals surface area contributed by atoms with Crippen molar-refractivity contribution in [3.63, 3.8) is 0 Å². The molecule has 20 heavy (non-hydrogen) atoms. The maximum absolute atomic E-state index is 11.9. The van der Waals surface area contributed by atoms with Crippen molar-refractivity contribution in [1.82, 2.24) is 10.6 Å². The van der Waals surface area contributed by atoms with Crippen molar-refractivity contribution in [3.05, 3.63) is 0 Å². The highest BCUT2D eigenvalue weighted by Gasteiger charge is 2.30. The largest absolute Gasteiger partial charge is 0.356 e. The van der Waals surface area contributed by atoms with Crippen LogP contribution >= 0.6 is 11.8 Å². The number of thioether (sulfide) groups is 1. The Morgan fingerprint density at radius 1 is 1.45 bits per heavy atom. The van der Waals surface area contributed by atoms with E-state index < -0.39 is 0 Å². The normalized spacial score (nSPS) is 22.8. The van der Waals surface area contributed by atoms with E-state index in [1.165, 1.54) is 18.7 Å². The van der Waals surface area contributed by atoms with Crippen molar-refractivity contribution in [2.45, 2.75) is 32.2 Å². The molecule has 0 aromatic heterocycles. The average molecular weight is 301 g/mol. The number of hydrogen-bond donors (Lipinski definition) is 3. The molecule has 1 fully saturated rings. The molecule has 2 atom stereocenters. The highest BCUT2D eigenvalue weighted by molar-refractivity contribution is 8.00. The van der Waals surface area contributed by atoms with Gasteiger partial charge in [-0.05, 0) is 19.3 Å². The minimum absolute atomic E-state index is 0.00607. The van der Waals surface area contributed by atoms with Crippen molar-refractivity contribution in [3.8, 4) is 0 Å². The standard InChI is InChI=1S/C13H23N3O3S/c1-9(17)15-5-3-2-4-11-10(12(18)6-14)7-20-8-13(19)16-11/h10-11H,2-8,14H2,1H3,(H,15,17)(H,16,19)/t10-,11?/m1/s1. The second-order valence-electron chi connectivity index (χ2n) is 4.94. The van der Waals surface area contributed by atoms with E-state index in [4.69, 9.17) is 5.73 Å². The Hall–Kier alpha value is -1.08. The highest BCUT2D eigenvalue weighted by atomic mass is 32.2. The van der Waals surface area contributed by atoms with E-state index in [1.807, 2.05) is 0 Å². The average Bonchev–Trinajstić information content (AvgIpc) is 2.58. The molecule has 1 aliphatic rings. The van der Waals surface area contributed by atoms with Gasteiger partial charge in [0.2, 0.25) is 11.8 Å². The number of carbonyl (C=O) groups is 3. The van der Waals surface area contributed by atoms with E-state index >= 15 is 0 Å². The molecule has 1 heterocycles. The predicted molar refractivity (Wildman–Crippen MR) is 79.3 cm³/mol. The molecule has 114 valence electrons. The summed E-state index contributed by atoms with van der Waals surface area (Å²) in [4.78, 5) is 34.2. The number of amides is 2. The fraction of sp³-hybridized carbons (Fsp3) is 0.769. The van der Waals surface area contributed by atoms with E-state index in [0.717, 1.165) is 19.3 Å². The molecule has 1 unspecified atom stereocenters. The van der Waals surface area contributed by atoms with E-state index in [2.05, 4.69) is 10.6 Å². The number of unbranched alkanes of at least 4 members (excludes halogenated alkanes) is 1. The van der Waals surface area contributed by atoms with Crippen LogP contribution in [0.25, 0.3) is 0 Å². The topological polar surface area (TPSA) is 101 Å². The maximum atomic E-state index is 11.9. The SMILES string of the molecule is CC(=O)NCCCCC1NC(=O)CSC[C@H]1C(=O)CN. The molecule has 1 aliphatic heterocycles. The first-order valence-corrected chi connectivity index (χ1v) is 8.04. The van der Waals surface area contributed by atoms with Gasteiger partial charge in [0.25, 0.3) is 0 Å². The van der Waals surface area contributed by atoms with Gasteiger partial charge in [0.15, 0.2) is 5.78 Å². The molecular formula is C13H23N3O3S. The summed E-state index contributed by atoms with van der Waals surface area (Å²) in [6.07, 6.45) is 2.43. The van der Waals surface area contributed by atoms with Crippen molar-refractivity contribution in [2.24, 2.45) is 11.7 Å². The lowest BCUT2D eigenvalue weighted by Crippen LogP contribution is -2.44. The number of hydrogen-bond acceptors (Lipinski definition) is 5. The molecule has 0 aromatic rings. The number of nitrogens with two attached hydrogens (primary N) is 1. The number of rotatable bonds is 7. The molecular weight excluding hydrogens is 278 g/mol. The van der Waals surface area contributed by atoms with Crippen LogP contribution in [-0.4, -0.2) is 48.2 Å². The highest BCUT2D eigenvalue weighted by Crippen LogP contribution is 2.21. The Morgan fingerprint density at radius 3 is 2.85 bits per heavy atom. The minimum Gasteiger partial charge on any atom is -0.356 e. The van der Waals surface area contributed by atoms with E-state index in [1.54, 1.807) is 0 Å². The number of ketones is 1. The Balaban J connectivity index is 2.45. The molecule has 2 amide bonds. The zero-order valence-electron chi connectivity index (χ0n) is 11.8. The molecule has 7 heteroatoms. The molecule has 1 saturated heterocycles. The van der Waals surface area contributed by atoms with Gasteiger partial charge in [-0.25, -0.2) is 0 Å². The van der Waals surface area contributed by atoms with Gasteiger partial charge in [-0.1, -0.05) is 0 Å². The summed E-state index contributed by atoms with van der Waals surface area (Å²) in [6, 6.07) is -0.133. The number of nitrogens with one attached hydrogen (secondary N) is 2. The summed E-state index contributed by atoms with van der Waals surface area (Å²) in [5.74, 6) is 0.792. The van der Waals surface area contributed by atoms with Gasteiger partial charge in [0.1, 0.15) is 0 Å². The van der Waals surface area contributed by atoms with E-state index in [9.17, 15) is 14.4 Å². The molecule has 0 bridgehead atoms. The lowest BCUT2D eigenvalue weighted by Gasteiger charge is -2.23. The van der Waals surface area contributed by atoms with Gasteiger partial charge in [-0.15, -0.1) is 0 Å². The maximum Gasteiger partial charge on any atom is 0.230 e. The third kappa shape index (κ3) is 5.92. The molecule has 4 N–H and O–H groups in total. The van der Waals surface area contributed by atoms with Crippen molar-refractivity contribution in [1.29, 1.82) is 0 Å². The Kier molecular flexibility index (Phi) is 7.61. The van der Waals surface area contributed by atoms with Crippen molar-refractivity contribution >= 4 is 29.4 Å². The van der Waals surface area contributed by atoms with Crippen LogP contribution in [0, 0.1) is 5.92 Å². The summed E-state index contributed by atoms with van der Waals surface area (Å²) in [5.41, 5.74) is 5.44. The van der Waals surface area contributed by atoms with Gasteiger partial charge >= 0.3 is 0 Å². The Labute approximate surface area is 123 Å².